The van der Waals surface area contributed by atoms with Gasteiger partial charge in [-0.1, -0.05) is 6.92 Å². The van der Waals surface area contributed by atoms with Crippen molar-refractivity contribution in [2.75, 3.05) is 35.2 Å². The fourth-order valence-electron chi connectivity index (χ4n) is 4.48. The number of nitrogens with one attached hydrogen (secondary N) is 3. The maximum Gasteiger partial charge on any atom is 0.319 e. The van der Waals surface area contributed by atoms with Crippen LogP contribution in [0, 0.1) is 0 Å². The number of pyridine rings is 1. The third kappa shape index (κ3) is 5.91. The number of nitrogens with zero attached hydrogens (tertiary/aromatic N) is 6. The average Bonchev–Trinajstić information content (AvgIpc) is 3.32. The molecular formula is C25H33N9O2. The first-order valence-electron chi connectivity index (χ1n) is 12.2. The van der Waals surface area contributed by atoms with E-state index in [1.165, 1.54) is 0 Å². The number of hydrogen-bond donors (Lipinski definition) is 3. The lowest BCUT2D eigenvalue weighted by atomic mass is 10.1. The summed E-state index contributed by atoms with van der Waals surface area (Å²) in [6.07, 6.45) is 4.29. The molecule has 0 radical (unpaired) electrons. The van der Waals surface area contributed by atoms with Crippen LogP contribution in [0.4, 0.5) is 27.9 Å². The van der Waals surface area contributed by atoms with Crippen molar-refractivity contribution in [2.45, 2.75) is 46.2 Å². The first kappa shape index (κ1) is 25.0. The monoisotopic (exact) mass is 491 g/mol. The molecule has 0 aliphatic carbocycles. The standard InChI is InChI=1S/C25H33N9O2/c1-5-11-27-25(36)30-21-8-6-20(7-9-21)29-24-28-16-33(31-24)22-10-12-26-23(13-22)32-14-17(2)34(19(4)35)18(3)15-32/h6-10,12-13,16-18H,5,11,14-15H2,1-4H3,(H,29,31)(H2,27,30,36)/t17-,18+. The highest BCUT2D eigenvalue weighted by molar-refractivity contribution is 5.89. The third-order valence-electron chi connectivity index (χ3n) is 6.03. The van der Waals surface area contributed by atoms with Gasteiger partial charge in [-0.15, -0.1) is 5.10 Å². The van der Waals surface area contributed by atoms with Gasteiger partial charge in [0.05, 0.1) is 5.69 Å². The maximum atomic E-state index is 12.0. The molecule has 0 saturated carbocycles. The molecule has 0 bridgehead atoms. The molecule has 0 unspecified atom stereocenters. The van der Waals surface area contributed by atoms with E-state index in [0.29, 0.717) is 18.2 Å². The predicted octanol–water partition coefficient (Wildman–Crippen LogP) is 3.38. The number of aromatic nitrogens is 4. The molecule has 36 heavy (non-hydrogen) atoms. The zero-order valence-electron chi connectivity index (χ0n) is 21.1. The predicted molar refractivity (Wildman–Crippen MR) is 140 cm³/mol. The molecule has 1 aliphatic heterocycles. The number of urea groups is 1. The highest BCUT2D eigenvalue weighted by atomic mass is 16.2. The van der Waals surface area contributed by atoms with Crippen LogP contribution in [-0.4, -0.2) is 68.3 Å². The summed E-state index contributed by atoms with van der Waals surface area (Å²) < 4.78 is 1.69. The van der Waals surface area contributed by atoms with E-state index >= 15 is 0 Å². The Morgan fingerprint density at radius 2 is 1.72 bits per heavy atom. The van der Waals surface area contributed by atoms with Crippen molar-refractivity contribution in [3.63, 3.8) is 0 Å². The van der Waals surface area contributed by atoms with Crippen molar-refractivity contribution in [1.82, 2.24) is 30.0 Å². The van der Waals surface area contributed by atoms with Gasteiger partial charge in [-0.2, -0.15) is 4.98 Å². The Balaban J connectivity index is 1.40. The first-order chi connectivity index (χ1) is 17.3. The Kier molecular flexibility index (Phi) is 7.67. The van der Waals surface area contributed by atoms with Gasteiger partial charge in [0, 0.05) is 62.3 Å². The van der Waals surface area contributed by atoms with E-state index in [1.54, 1.807) is 24.1 Å². The number of benzene rings is 1. The Labute approximate surface area is 210 Å². The molecule has 1 aromatic carbocycles. The Bertz CT molecular complexity index is 1180. The lowest BCUT2D eigenvalue weighted by Gasteiger charge is -2.44. The van der Waals surface area contributed by atoms with E-state index in [4.69, 9.17) is 0 Å². The molecule has 190 valence electrons. The van der Waals surface area contributed by atoms with Gasteiger partial charge in [0.25, 0.3) is 0 Å². The van der Waals surface area contributed by atoms with Crippen LogP contribution in [-0.2, 0) is 4.79 Å². The summed E-state index contributed by atoms with van der Waals surface area (Å²) in [5.41, 5.74) is 2.34. The lowest BCUT2D eigenvalue weighted by molar-refractivity contribution is -0.133. The normalized spacial score (nSPS) is 17.6. The van der Waals surface area contributed by atoms with Crippen molar-refractivity contribution in [2.24, 2.45) is 0 Å². The van der Waals surface area contributed by atoms with Crippen LogP contribution in [0.15, 0.2) is 48.9 Å². The molecule has 3 N–H and O–H groups in total. The molecule has 3 heterocycles. The average molecular weight is 492 g/mol. The molecule has 2 aromatic heterocycles. The van der Waals surface area contributed by atoms with Crippen LogP contribution in [0.5, 0.6) is 0 Å². The van der Waals surface area contributed by atoms with E-state index in [2.05, 4.69) is 49.8 Å². The number of carbonyl (C=O) groups excluding carboxylic acids is 2. The zero-order valence-corrected chi connectivity index (χ0v) is 21.1. The molecular weight excluding hydrogens is 458 g/mol. The van der Waals surface area contributed by atoms with E-state index in [-0.39, 0.29) is 24.0 Å². The Morgan fingerprint density at radius 3 is 2.39 bits per heavy atom. The Hall–Kier alpha value is -4.15. The molecule has 3 aromatic rings. The van der Waals surface area contributed by atoms with Gasteiger partial charge >= 0.3 is 6.03 Å². The summed E-state index contributed by atoms with van der Waals surface area (Å²) in [6, 6.07) is 11.2. The lowest BCUT2D eigenvalue weighted by Crippen LogP contribution is -2.58. The summed E-state index contributed by atoms with van der Waals surface area (Å²) in [4.78, 5) is 36.8. The smallest absolute Gasteiger partial charge is 0.319 e. The minimum atomic E-state index is -0.223. The summed E-state index contributed by atoms with van der Waals surface area (Å²) in [5, 5.41) is 13.3. The van der Waals surface area contributed by atoms with E-state index in [9.17, 15) is 9.59 Å². The largest absolute Gasteiger partial charge is 0.352 e. The fourth-order valence-corrected chi connectivity index (χ4v) is 4.48. The fraction of sp³-hybridized carbons (Fsp3) is 0.400. The van der Waals surface area contributed by atoms with Crippen LogP contribution < -0.4 is 20.9 Å². The number of amides is 3. The third-order valence-corrected chi connectivity index (χ3v) is 6.03. The minimum absolute atomic E-state index is 0.0994. The summed E-state index contributed by atoms with van der Waals surface area (Å²) >= 11 is 0. The molecule has 1 saturated heterocycles. The van der Waals surface area contributed by atoms with Gasteiger partial charge in [0.1, 0.15) is 12.1 Å². The molecule has 0 spiro atoms. The van der Waals surface area contributed by atoms with E-state index in [0.717, 1.165) is 36.7 Å². The highest BCUT2D eigenvalue weighted by Gasteiger charge is 2.31. The highest BCUT2D eigenvalue weighted by Crippen LogP contribution is 2.23. The van der Waals surface area contributed by atoms with Crippen molar-refractivity contribution in [1.29, 1.82) is 0 Å². The summed E-state index contributed by atoms with van der Waals surface area (Å²) in [7, 11) is 0. The topological polar surface area (TPSA) is 120 Å². The van der Waals surface area contributed by atoms with Gasteiger partial charge < -0.3 is 25.8 Å². The van der Waals surface area contributed by atoms with Crippen LogP contribution in [0.1, 0.15) is 34.1 Å². The second kappa shape index (κ2) is 11.1. The van der Waals surface area contributed by atoms with Crippen molar-refractivity contribution in [3.05, 3.63) is 48.9 Å². The summed E-state index contributed by atoms with van der Waals surface area (Å²) in [5.74, 6) is 1.39. The SMILES string of the molecule is CCCNC(=O)Nc1ccc(Nc2ncn(-c3ccnc(N4C[C@@H](C)N(C(C)=O)[C@@H](C)C4)c3)n2)cc1. The minimum Gasteiger partial charge on any atom is -0.352 e. The van der Waals surface area contributed by atoms with Gasteiger partial charge in [-0.25, -0.2) is 14.5 Å². The second-order valence-corrected chi connectivity index (χ2v) is 9.00. The molecule has 4 rings (SSSR count). The molecule has 2 atom stereocenters. The van der Waals surface area contributed by atoms with Gasteiger partial charge in [-0.3, -0.25) is 4.79 Å². The van der Waals surface area contributed by atoms with Gasteiger partial charge in [0.15, 0.2) is 0 Å². The number of hydrogen-bond acceptors (Lipinski definition) is 7. The molecule has 1 fully saturated rings. The number of anilines is 4. The molecule has 11 nitrogen and oxygen atoms in total. The molecule has 1 aliphatic rings. The number of piperazine rings is 1. The molecule has 11 heteroatoms. The van der Waals surface area contributed by atoms with Crippen molar-refractivity contribution >= 4 is 35.1 Å². The van der Waals surface area contributed by atoms with E-state index in [1.807, 2.05) is 48.2 Å². The van der Waals surface area contributed by atoms with Crippen molar-refractivity contribution < 1.29 is 9.59 Å². The zero-order chi connectivity index (χ0) is 25.7. The van der Waals surface area contributed by atoms with Crippen molar-refractivity contribution in [3.8, 4) is 5.69 Å². The van der Waals surface area contributed by atoms with Crippen LogP contribution in [0.25, 0.3) is 5.69 Å². The van der Waals surface area contributed by atoms with Crippen LogP contribution in [0.3, 0.4) is 0 Å². The van der Waals surface area contributed by atoms with E-state index < -0.39 is 0 Å². The van der Waals surface area contributed by atoms with Crippen LogP contribution in [0.2, 0.25) is 0 Å². The Morgan fingerprint density at radius 1 is 1.03 bits per heavy atom. The first-order valence-corrected chi connectivity index (χ1v) is 12.2. The number of rotatable bonds is 7. The van der Waals surface area contributed by atoms with Crippen LogP contribution >= 0.6 is 0 Å². The second-order valence-electron chi connectivity index (χ2n) is 9.00. The quantitative estimate of drug-likeness (QED) is 0.463. The molecule has 3 amide bonds. The van der Waals surface area contributed by atoms with Gasteiger partial charge in [-0.05, 0) is 50.6 Å². The number of carbonyl (C=O) groups is 2. The maximum absolute atomic E-state index is 12.0. The summed E-state index contributed by atoms with van der Waals surface area (Å²) in [6.45, 7) is 9.82. The van der Waals surface area contributed by atoms with Gasteiger partial charge in [0.2, 0.25) is 11.9 Å².